The molecule has 0 atom stereocenters. The molecule has 0 aromatic carbocycles. The van der Waals surface area contributed by atoms with Crippen molar-refractivity contribution in [3.05, 3.63) is 0 Å². The van der Waals surface area contributed by atoms with Gasteiger partial charge >= 0.3 is 0 Å². The van der Waals surface area contributed by atoms with Gasteiger partial charge in [-0.05, 0) is 12.8 Å². The summed E-state index contributed by atoms with van der Waals surface area (Å²) in [5.74, 6) is 0.127. The van der Waals surface area contributed by atoms with Crippen molar-refractivity contribution < 1.29 is 14.6 Å². The molecule has 0 fully saturated rings. The van der Waals surface area contributed by atoms with E-state index in [0.717, 1.165) is 26.1 Å². The van der Waals surface area contributed by atoms with Gasteiger partial charge in [-0.15, -0.1) is 0 Å². The zero-order valence-electron chi connectivity index (χ0n) is 28.6. The van der Waals surface area contributed by atoms with E-state index in [1.165, 1.54) is 180 Å². The molecular formula is C38H78O3. The monoisotopic (exact) mass is 583 g/mol. The normalized spacial score (nSPS) is 11.7. The Balaban J connectivity index is 3.24. The fraction of sp³-hybridized carbons (Fsp3) is 1.00. The topological polar surface area (TPSA) is 38.7 Å². The first kappa shape index (κ1) is 40.9. The molecule has 1 N–H and O–H groups in total. The lowest BCUT2D eigenvalue weighted by molar-refractivity contribution is 0.0142. The van der Waals surface area contributed by atoms with Crippen LogP contribution in [0.3, 0.4) is 0 Å². The first-order valence-electron chi connectivity index (χ1n) is 19.1. The average molecular weight is 583 g/mol. The Hall–Kier alpha value is -0.120. The van der Waals surface area contributed by atoms with Gasteiger partial charge in [0.15, 0.2) is 0 Å². The molecule has 41 heavy (non-hydrogen) atoms. The molecule has 0 aliphatic rings. The summed E-state index contributed by atoms with van der Waals surface area (Å²) in [4.78, 5) is 0. The number of hydrogen-bond donors (Lipinski definition) is 1. The van der Waals surface area contributed by atoms with Crippen molar-refractivity contribution in [2.45, 2.75) is 206 Å². The fourth-order valence-corrected chi connectivity index (χ4v) is 5.80. The number of hydrogen-bond acceptors (Lipinski definition) is 3. The van der Waals surface area contributed by atoms with Gasteiger partial charge in [-0.1, -0.05) is 194 Å². The highest BCUT2D eigenvalue weighted by atomic mass is 16.5. The Morgan fingerprint density at radius 2 is 0.561 bits per heavy atom. The van der Waals surface area contributed by atoms with E-state index in [1.54, 1.807) is 0 Å². The fourth-order valence-electron chi connectivity index (χ4n) is 5.80. The van der Waals surface area contributed by atoms with Crippen LogP contribution < -0.4 is 0 Å². The van der Waals surface area contributed by atoms with E-state index in [0.29, 0.717) is 13.2 Å². The smallest absolute Gasteiger partial charge is 0.0538 e. The summed E-state index contributed by atoms with van der Waals surface area (Å²) in [6.45, 7) is 7.67. The zero-order chi connectivity index (χ0) is 29.7. The van der Waals surface area contributed by atoms with Crippen molar-refractivity contribution in [2.75, 3.05) is 33.0 Å². The quantitative estimate of drug-likeness (QED) is 0.0740. The number of ether oxygens (including phenoxy) is 2. The van der Waals surface area contributed by atoms with E-state index in [9.17, 15) is 5.11 Å². The molecule has 0 saturated heterocycles. The number of unbranched alkanes of at least 4 members (excludes halogenated alkanes) is 28. The molecule has 0 aliphatic carbocycles. The first-order valence-corrected chi connectivity index (χ1v) is 19.1. The maximum Gasteiger partial charge on any atom is 0.0538 e. The van der Waals surface area contributed by atoms with Gasteiger partial charge in [0.1, 0.15) is 0 Å². The molecule has 0 radical (unpaired) electrons. The molecule has 0 unspecified atom stereocenters. The second-order valence-electron chi connectivity index (χ2n) is 13.1. The van der Waals surface area contributed by atoms with Crippen LogP contribution >= 0.6 is 0 Å². The average Bonchev–Trinajstić information content (AvgIpc) is 2.99. The molecule has 0 aliphatic heterocycles. The molecule has 0 saturated carbocycles. The van der Waals surface area contributed by atoms with Gasteiger partial charge in [-0.2, -0.15) is 0 Å². The number of aliphatic hydroxyl groups excluding tert-OH is 1. The number of rotatable bonds is 37. The molecule has 0 spiro atoms. The van der Waals surface area contributed by atoms with Gasteiger partial charge in [0.2, 0.25) is 0 Å². The van der Waals surface area contributed by atoms with E-state index in [2.05, 4.69) is 13.8 Å². The summed E-state index contributed by atoms with van der Waals surface area (Å²) >= 11 is 0. The highest BCUT2D eigenvalue weighted by molar-refractivity contribution is 4.56. The van der Waals surface area contributed by atoms with Crippen molar-refractivity contribution in [2.24, 2.45) is 5.92 Å². The molecule has 0 aromatic rings. The summed E-state index contributed by atoms with van der Waals surface area (Å²) in [6.07, 6.45) is 41.7. The van der Waals surface area contributed by atoms with E-state index < -0.39 is 0 Å². The van der Waals surface area contributed by atoms with Gasteiger partial charge in [-0.3, -0.25) is 0 Å². The van der Waals surface area contributed by atoms with Gasteiger partial charge < -0.3 is 14.6 Å². The zero-order valence-corrected chi connectivity index (χ0v) is 28.6. The summed E-state index contributed by atoms with van der Waals surface area (Å²) in [5, 5.41) is 9.64. The highest BCUT2D eigenvalue weighted by Gasteiger charge is 2.08. The van der Waals surface area contributed by atoms with Crippen molar-refractivity contribution in [3.8, 4) is 0 Å². The van der Waals surface area contributed by atoms with Crippen molar-refractivity contribution in [3.63, 3.8) is 0 Å². The van der Waals surface area contributed by atoms with Crippen LogP contribution in [0.25, 0.3) is 0 Å². The van der Waals surface area contributed by atoms with Crippen LogP contribution in [0, 0.1) is 5.92 Å². The highest BCUT2D eigenvalue weighted by Crippen LogP contribution is 2.15. The third-order valence-electron chi connectivity index (χ3n) is 8.75. The van der Waals surface area contributed by atoms with Crippen LogP contribution in [0.15, 0.2) is 0 Å². The maximum absolute atomic E-state index is 9.64. The van der Waals surface area contributed by atoms with Crippen LogP contribution in [-0.4, -0.2) is 38.1 Å². The molecule has 0 aromatic heterocycles. The SMILES string of the molecule is CCCCCCCCCCCCCCCCCOCC(CO)COCCCCCCCCCCCCCCCCC. The molecular weight excluding hydrogens is 504 g/mol. The molecule has 0 heterocycles. The lowest BCUT2D eigenvalue weighted by Crippen LogP contribution is -2.20. The summed E-state index contributed by atoms with van der Waals surface area (Å²) < 4.78 is 11.7. The molecule has 0 rings (SSSR count). The Morgan fingerprint density at radius 1 is 0.341 bits per heavy atom. The van der Waals surface area contributed by atoms with E-state index >= 15 is 0 Å². The standard InChI is InChI=1S/C38H78O3/c1-3-5-7-9-11-13-15-17-19-21-23-25-27-29-31-33-40-36-38(35-39)37-41-34-32-30-28-26-24-22-20-18-16-14-12-10-8-6-4-2/h38-39H,3-37H2,1-2H3. The van der Waals surface area contributed by atoms with Crippen LogP contribution in [0.4, 0.5) is 0 Å². The van der Waals surface area contributed by atoms with Crippen LogP contribution in [0.1, 0.15) is 206 Å². The van der Waals surface area contributed by atoms with Gasteiger partial charge in [0.25, 0.3) is 0 Å². The second kappa shape index (κ2) is 37.9. The predicted octanol–water partition coefficient (Wildman–Crippen LogP) is 12.4. The number of aliphatic hydroxyl groups is 1. The maximum atomic E-state index is 9.64. The Bertz CT molecular complexity index is 403. The van der Waals surface area contributed by atoms with E-state index in [-0.39, 0.29) is 12.5 Å². The summed E-state index contributed by atoms with van der Waals surface area (Å²) in [5.41, 5.74) is 0. The van der Waals surface area contributed by atoms with Crippen LogP contribution in [0.5, 0.6) is 0 Å². The van der Waals surface area contributed by atoms with Crippen molar-refractivity contribution in [1.29, 1.82) is 0 Å². The second-order valence-corrected chi connectivity index (χ2v) is 13.1. The van der Waals surface area contributed by atoms with E-state index in [1.807, 2.05) is 0 Å². The molecule has 3 heteroatoms. The van der Waals surface area contributed by atoms with Crippen LogP contribution in [-0.2, 0) is 9.47 Å². The lowest BCUT2D eigenvalue weighted by atomic mass is 10.0. The molecule has 0 bridgehead atoms. The van der Waals surface area contributed by atoms with E-state index in [4.69, 9.17) is 9.47 Å². The van der Waals surface area contributed by atoms with Gasteiger partial charge in [0, 0.05) is 19.1 Å². The minimum atomic E-state index is 0.127. The minimum Gasteiger partial charge on any atom is -0.396 e. The summed E-state index contributed by atoms with van der Waals surface area (Å²) in [6, 6.07) is 0. The van der Waals surface area contributed by atoms with Crippen molar-refractivity contribution in [1.82, 2.24) is 0 Å². The van der Waals surface area contributed by atoms with Crippen molar-refractivity contribution >= 4 is 0 Å². The Kier molecular flexibility index (Phi) is 37.8. The Morgan fingerprint density at radius 3 is 0.780 bits per heavy atom. The Labute approximate surface area is 259 Å². The van der Waals surface area contributed by atoms with Gasteiger partial charge in [-0.25, -0.2) is 0 Å². The lowest BCUT2D eigenvalue weighted by Gasteiger charge is -2.15. The third-order valence-corrected chi connectivity index (χ3v) is 8.75. The largest absolute Gasteiger partial charge is 0.396 e. The minimum absolute atomic E-state index is 0.127. The third kappa shape index (κ3) is 36.0. The van der Waals surface area contributed by atoms with Crippen LogP contribution in [0.2, 0.25) is 0 Å². The first-order chi connectivity index (χ1) is 20.3. The molecule has 248 valence electrons. The molecule has 0 amide bonds. The van der Waals surface area contributed by atoms with Gasteiger partial charge in [0.05, 0.1) is 19.8 Å². The molecule has 3 nitrogen and oxygen atoms in total. The summed E-state index contributed by atoms with van der Waals surface area (Å²) in [7, 11) is 0. The predicted molar refractivity (Wildman–Crippen MR) is 182 cm³/mol.